The van der Waals surface area contributed by atoms with Gasteiger partial charge in [0.15, 0.2) is 16.6 Å². The van der Waals surface area contributed by atoms with Crippen LogP contribution < -0.4 is 19.5 Å². The fourth-order valence-corrected chi connectivity index (χ4v) is 5.03. The van der Waals surface area contributed by atoms with Crippen LogP contribution in [0.25, 0.3) is 0 Å². The Kier molecular flexibility index (Phi) is 6.01. The normalized spacial score (nSPS) is 16.2. The maximum Gasteiger partial charge on any atom is 0.231 e. The maximum absolute atomic E-state index is 12.6. The van der Waals surface area contributed by atoms with E-state index in [0.29, 0.717) is 48.8 Å². The fraction of sp³-hybridized carbons (Fsp3) is 0.421. The van der Waals surface area contributed by atoms with Crippen molar-refractivity contribution in [2.75, 3.05) is 36.2 Å². The van der Waals surface area contributed by atoms with Gasteiger partial charge >= 0.3 is 0 Å². The lowest BCUT2D eigenvalue weighted by Gasteiger charge is -2.31. The highest BCUT2D eigenvalue weighted by atomic mass is 32.2. The van der Waals surface area contributed by atoms with Crippen molar-refractivity contribution in [1.29, 1.82) is 0 Å². The molecular formula is C19H22N4O6S2. The molecule has 0 bridgehead atoms. The largest absolute Gasteiger partial charge is 0.454 e. The van der Waals surface area contributed by atoms with Crippen LogP contribution in [0.1, 0.15) is 18.5 Å². The van der Waals surface area contributed by atoms with Gasteiger partial charge < -0.3 is 19.7 Å². The minimum atomic E-state index is -3.40. The molecule has 2 aromatic rings. The second-order valence-corrected chi connectivity index (χ2v) is 10.0. The van der Waals surface area contributed by atoms with Gasteiger partial charge in [0.2, 0.25) is 28.6 Å². The molecule has 0 saturated carbocycles. The molecule has 0 spiro atoms. The zero-order valence-electron chi connectivity index (χ0n) is 16.8. The van der Waals surface area contributed by atoms with E-state index in [2.05, 4.69) is 15.0 Å². The van der Waals surface area contributed by atoms with Gasteiger partial charge in [0.05, 0.1) is 18.4 Å². The summed E-state index contributed by atoms with van der Waals surface area (Å²) >= 11 is 1.14. The summed E-state index contributed by atoms with van der Waals surface area (Å²) in [6.07, 6.45) is 2.28. The minimum absolute atomic E-state index is 0.0815. The number of rotatable bonds is 6. The van der Waals surface area contributed by atoms with Gasteiger partial charge in [-0.15, -0.1) is 11.3 Å². The minimum Gasteiger partial charge on any atom is -0.454 e. The molecule has 166 valence electrons. The Labute approximate surface area is 183 Å². The van der Waals surface area contributed by atoms with E-state index in [1.54, 1.807) is 28.5 Å². The van der Waals surface area contributed by atoms with Gasteiger partial charge in [-0.2, -0.15) is 0 Å². The highest BCUT2D eigenvalue weighted by Gasteiger charge is 2.28. The number of nitrogens with zero attached hydrogens (tertiary/aromatic N) is 2. The summed E-state index contributed by atoms with van der Waals surface area (Å²) in [6, 6.07) is 5.26. The molecule has 10 nitrogen and oxygen atoms in total. The molecule has 2 aliphatic rings. The van der Waals surface area contributed by atoms with Gasteiger partial charge in [-0.25, -0.2) is 13.4 Å². The van der Waals surface area contributed by atoms with Gasteiger partial charge in [0, 0.05) is 36.1 Å². The van der Waals surface area contributed by atoms with E-state index in [-0.39, 0.29) is 36.1 Å². The standard InChI is InChI=1S/C19H22N4O6S2/c1-31(26,27)22-19-21-14(10-30-19)9-17(24)23-6-4-12(5-7-23)18(25)20-13-2-3-15-16(8-13)29-11-28-15/h2-3,8,10,12H,4-7,9,11H2,1H3,(H,20,25)(H,21,22). The lowest BCUT2D eigenvalue weighted by molar-refractivity contribution is -0.133. The molecular weight excluding hydrogens is 444 g/mol. The third-order valence-corrected chi connectivity index (χ3v) is 6.52. The van der Waals surface area contributed by atoms with Crippen LogP contribution >= 0.6 is 11.3 Å². The SMILES string of the molecule is CS(=O)(=O)Nc1nc(CC(=O)N2CCC(C(=O)Nc3ccc4c(c3)OCO4)CC2)cs1. The summed E-state index contributed by atoms with van der Waals surface area (Å²) in [4.78, 5) is 31.0. The molecule has 0 atom stereocenters. The number of aromatic nitrogens is 1. The number of carbonyl (C=O) groups is 2. The number of carbonyl (C=O) groups excluding carboxylic acids is 2. The van der Waals surface area contributed by atoms with Crippen LogP contribution in [0, 0.1) is 5.92 Å². The molecule has 2 amide bonds. The monoisotopic (exact) mass is 466 g/mol. The van der Waals surface area contributed by atoms with Crippen molar-refractivity contribution in [2.45, 2.75) is 19.3 Å². The molecule has 0 unspecified atom stereocenters. The van der Waals surface area contributed by atoms with Crippen LogP contribution in [-0.4, -0.2) is 56.3 Å². The first kappa shape index (κ1) is 21.4. The number of thiazole rings is 1. The molecule has 0 radical (unpaired) electrons. The van der Waals surface area contributed by atoms with Crippen LogP contribution in [-0.2, 0) is 26.0 Å². The Bertz CT molecular complexity index is 1090. The van der Waals surface area contributed by atoms with E-state index in [1.165, 1.54) is 0 Å². The quantitative estimate of drug-likeness (QED) is 0.663. The molecule has 1 aromatic heterocycles. The van der Waals surface area contributed by atoms with Crippen molar-refractivity contribution in [1.82, 2.24) is 9.88 Å². The Morgan fingerprint density at radius 2 is 1.97 bits per heavy atom. The van der Waals surface area contributed by atoms with Crippen molar-refractivity contribution < 1.29 is 27.5 Å². The molecule has 2 aliphatic heterocycles. The predicted octanol–water partition coefficient (Wildman–Crippen LogP) is 1.66. The van der Waals surface area contributed by atoms with Gasteiger partial charge in [0.25, 0.3) is 0 Å². The van der Waals surface area contributed by atoms with Gasteiger partial charge in [0.1, 0.15) is 0 Å². The number of benzene rings is 1. The van der Waals surface area contributed by atoms with Crippen LogP contribution in [0.3, 0.4) is 0 Å². The van der Waals surface area contributed by atoms with Crippen molar-refractivity contribution in [2.24, 2.45) is 5.92 Å². The molecule has 1 fully saturated rings. The molecule has 1 aromatic carbocycles. The summed E-state index contributed by atoms with van der Waals surface area (Å²) in [5.41, 5.74) is 1.17. The first-order chi connectivity index (χ1) is 14.8. The molecule has 1 saturated heterocycles. The highest BCUT2D eigenvalue weighted by molar-refractivity contribution is 7.92. The topological polar surface area (TPSA) is 127 Å². The number of likely N-dealkylation sites (tertiary alicyclic amines) is 1. The fourth-order valence-electron chi connectivity index (χ4n) is 3.47. The molecule has 3 heterocycles. The third kappa shape index (κ3) is 5.44. The zero-order chi connectivity index (χ0) is 22.0. The van der Waals surface area contributed by atoms with Crippen molar-refractivity contribution >= 4 is 44.0 Å². The zero-order valence-corrected chi connectivity index (χ0v) is 18.4. The third-order valence-electron chi connectivity index (χ3n) is 5.02. The van der Waals surface area contributed by atoms with Gasteiger partial charge in [-0.05, 0) is 25.0 Å². The Morgan fingerprint density at radius 3 is 2.71 bits per heavy atom. The van der Waals surface area contributed by atoms with E-state index >= 15 is 0 Å². The molecule has 12 heteroatoms. The van der Waals surface area contributed by atoms with E-state index in [4.69, 9.17) is 9.47 Å². The first-order valence-corrected chi connectivity index (χ1v) is 12.4. The second kappa shape index (κ2) is 8.71. The maximum atomic E-state index is 12.6. The lowest BCUT2D eigenvalue weighted by atomic mass is 9.95. The number of piperidine rings is 1. The number of nitrogens with one attached hydrogen (secondary N) is 2. The lowest BCUT2D eigenvalue weighted by Crippen LogP contribution is -2.42. The summed E-state index contributed by atoms with van der Waals surface area (Å²) in [7, 11) is -3.40. The number of anilines is 2. The predicted molar refractivity (Wildman–Crippen MR) is 115 cm³/mol. The number of hydrogen-bond acceptors (Lipinski definition) is 8. The summed E-state index contributed by atoms with van der Waals surface area (Å²) in [5.74, 6) is 0.909. The second-order valence-electron chi connectivity index (χ2n) is 7.41. The first-order valence-electron chi connectivity index (χ1n) is 9.67. The molecule has 0 aliphatic carbocycles. The van der Waals surface area contributed by atoms with E-state index in [0.717, 1.165) is 17.6 Å². The van der Waals surface area contributed by atoms with E-state index in [9.17, 15) is 18.0 Å². The van der Waals surface area contributed by atoms with Crippen LogP contribution in [0.2, 0.25) is 0 Å². The average molecular weight is 467 g/mol. The molecule has 2 N–H and O–H groups in total. The summed E-state index contributed by atoms with van der Waals surface area (Å²) < 4.78 is 35.4. The Hall–Kier alpha value is -2.86. The Morgan fingerprint density at radius 1 is 1.23 bits per heavy atom. The Balaban J connectivity index is 1.26. The van der Waals surface area contributed by atoms with E-state index in [1.807, 2.05) is 0 Å². The average Bonchev–Trinajstić information content (AvgIpc) is 3.35. The highest BCUT2D eigenvalue weighted by Crippen LogP contribution is 2.34. The molecule has 4 rings (SSSR count). The number of ether oxygens (including phenoxy) is 2. The number of hydrogen-bond donors (Lipinski definition) is 2. The van der Waals surface area contributed by atoms with Gasteiger partial charge in [-0.3, -0.25) is 14.3 Å². The number of fused-ring (bicyclic) bond motifs is 1. The van der Waals surface area contributed by atoms with Gasteiger partial charge in [-0.1, -0.05) is 0 Å². The van der Waals surface area contributed by atoms with Crippen molar-refractivity contribution in [3.05, 3.63) is 29.3 Å². The number of sulfonamides is 1. The van der Waals surface area contributed by atoms with Crippen LogP contribution in [0.5, 0.6) is 11.5 Å². The molecule has 31 heavy (non-hydrogen) atoms. The van der Waals surface area contributed by atoms with Crippen LogP contribution in [0.15, 0.2) is 23.6 Å². The van der Waals surface area contributed by atoms with Crippen molar-refractivity contribution in [3.8, 4) is 11.5 Å². The summed E-state index contributed by atoms with van der Waals surface area (Å²) in [5, 5.41) is 4.81. The van der Waals surface area contributed by atoms with E-state index < -0.39 is 10.0 Å². The van der Waals surface area contributed by atoms with Crippen molar-refractivity contribution in [3.63, 3.8) is 0 Å². The number of amides is 2. The smallest absolute Gasteiger partial charge is 0.231 e. The van der Waals surface area contributed by atoms with Crippen LogP contribution in [0.4, 0.5) is 10.8 Å². The summed E-state index contributed by atoms with van der Waals surface area (Å²) in [6.45, 7) is 1.14.